The SMILES string of the molecule is O=S(=O)(NCCN1CCNCC1)c1ccc2c(c1)OCCCO2. The molecule has 0 saturated carbocycles. The maximum atomic E-state index is 12.4. The number of ether oxygens (including phenoxy) is 2. The van der Waals surface area contributed by atoms with Gasteiger partial charge in [-0.15, -0.1) is 0 Å². The first-order valence-corrected chi connectivity index (χ1v) is 9.46. The lowest BCUT2D eigenvalue weighted by atomic mass is 10.3. The van der Waals surface area contributed by atoms with Crippen LogP contribution in [0.3, 0.4) is 0 Å². The highest BCUT2D eigenvalue weighted by Gasteiger charge is 2.19. The Kier molecular flexibility index (Phi) is 5.37. The molecule has 7 nitrogen and oxygen atoms in total. The Morgan fingerprint density at radius 3 is 2.65 bits per heavy atom. The van der Waals surface area contributed by atoms with Crippen LogP contribution in [0.25, 0.3) is 0 Å². The number of nitrogens with one attached hydrogen (secondary N) is 2. The number of hydrogen-bond acceptors (Lipinski definition) is 6. The zero-order valence-electron chi connectivity index (χ0n) is 13.1. The van der Waals surface area contributed by atoms with Gasteiger partial charge in [0.25, 0.3) is 0 Å². The minimum absolute atomic E-state index is 0.210. The van der Waals surface area contributed by atoms with Gasteiger partial charge in [0.05, 0.1) is 18.1 Å². The van der Waals surface area contributed by atoms with Crippen LogP contribution in [-0.4, -0.2) is 65.8 Å². The monoisotopic (exact) mass is 341 g/mol. The third-order valence-electron chi connectivity index (χ3n) is 3.96. The summed E-state index contributed by atoms with van der Waals surface area (Å²) in [4.78, 5) is 2.45. The van der Waals surface area contributed by atoms with E-state index < -0.39 is 10.0 Å². The number of nitrogens with zero attached hydrogens (tertiary/aromatic N) is 1. The molecule has 23 heavy (non-hydrogen) atoms. The molecule has 3 rings (SSSR count). The van der Waals surface area contributed by atoms with Crippen LogP contribution in [-0.2, 0) is 10.0 Å². The van der Waals surface area contributed by atoms with Gasteiger partial charge in [-0.05, 0) is 12.1 Å². The van der Waals surface area contributed by atoms with E-state index in [9.17, 15) is 8.42 Å². The van der Waals surface area contributed by atoms with Gasteiger partial charge in [-0.1, -0.05) is 0 Å². The molecular formula is C15H23N3O4S. The van der Waals surface area contributed by atoms with E-state index in [0.717, 1.165) is 32.6 Å². The molecule has 0 aromatic heterocycles. The number of hydrogen-bond donors (Lipinski definition) is 2. The summed E-state index contributed by atoms with van der Waals surface area (Å²) in [7, 11) is -3.53. The standard InChI is InChI=1S/C15H23N3O4S/c19-23(20,17-6-9-18-7-4-16-5-8-18)13-2-3-14-15(12-13)22-11-1-10-21-14/h2-3,12,16-17H,1,4-11H2. The smallest absolute Gasteiger partial charge is 0.240 e. The van der Waals surface area contributed by atoms with E-state index in [2.05, 4.69) is 14.9 Å². The van der Waals surface area contributed by atoms with E-state index in [0.29, 0.717) is 37.8 Å². The first kappa shape index (κ1) is 16.5. The number of sulfonamides is 1. The molecule has 0 atom stereocenters. The van der Waals surface area contributed by atoms with E-state index in [1.165, 1.54) is 6.07 Å². The van der Waals surface area contributed by atoms with Gasteiger partial charge in [0.15, 0.2) is 11.5 Å². The van der Waals surface area contributed by atoms with E-state index >= 15 is 0 Å². The predicted octanol–water partition coefficient (Wildman–Crippen LogP) is 0.0314. The summed E-state index contributed by atoms with van der Waals surface area (Å²) in [5.41, 5.74) is 0. The fraction of sp³-hybridized carbons (Fsp3) is 0.600. The van der Waals surface area contributed by atoms with Crippen molar-refractivity contribution in [3.8, 4) is 11.5 Å². The molecule has 8 heteroatoms. The second-order valence-electron chi connectivity index (χ2n) is 5.65. The minimum Gasteiger partial charge on any atom is -0.490 e. The fourth-order valence-electron chi connectivity index (χ4n) is 2.67. The summed E-state index contributed by atoms with van der Waals surface area (Å²) in [6, 6.07) is 4.75. The van der Waals surface area contributed by atoms with Crippen LogP contribution in [0.4, 0.5) is 0 Å². The van der Waals surface area contributed by atoms with Crippen molar-refractivity contribution in [3.05, 3.63) is 18.2 Å². The van der Waals surface area contributed by atoms with Gasteiger partial charge in [-0.25, -0.2) is 13.1 Å². The number of benzene rings is 1. The van der Waals surface area contributed by atoms with E-state index in [4.69, 9.17) is 9.47 Å². The molecule has 0 aliphatic carbocycles. The molecule has 2 aliphatic heterocycles. The Morgan fingerprint density at radius 1 is 1.13 bits per heavy atom. The van der Waals surface area contributed by atoms with Crippen LogP contribution in [0.15, 0.2) is 23.1 Å². The molecule has 2 N–H and O–H groups in total. The predicted molar refractivity (Wildman–Crippen MR) is 86.5 cm³/mol. The Balaban J connectivity index is 1.61. The average molecular weight is 341 g/mol. The Morgan fingerprint density at radius 2 is 1.87 bits per heavy atom. The van der Waals surface area contributed by atoms with Gasteiger partial charge in [0.2, 0.25) is 10.0 Å². The van der Waals surface area contributed by atoms with E-state index in [1.54, 1.807) is 12.1 Å². The largest absolute Gasteiger partial charge is 0.490 e. The second-order valence-corrected chi connectivity index (χ2v) is 7.42. The van der Waals surface area contributed by atoms with E-state index in [-0.39, 0.29) is 4.90 Å². The maximum Gasteiger partial charge on any atom is 0.240 e. The van der Waals surface area contributed by atoms with Gasteiger partial charge in [-0.2, -0.15) is 0 Å². The zero-order chi connectivity index (χ0) is 16.1. The fourth-order valence-corrected chi connectivity index (χ4v) is 3.70. The third-order valence-corrected chi connectivity index (χ3v) is 5.42. The van der Waals surface area contributed by atoms with Crippen molar-refractivity contribution in [2.75, 3.05) is 52.5 Å². The Bertz CT molecular complexity index is 630. The molecular weight excluding hydrogens is 318 g/mol. The highest BCUT2D eigenvalue weighted by molar-refractivity contribution is 7.89. The first-order chi connectivity index (χ1) is 11.1. The lowest BCUT2D eigenvalue weighted by Gasteiger charge is -2.27. The minimum atomic E-state index is -3.53. The van der Waals surface area contributed by atoms with Crippen LogP contribution in [0, 0.1) is 0 Å². The van der Waals surface area contributed by atoms with Gasteiger partial charge >= 0.3 is 0 Å². The van der Waals surface area contributed by atoms with Crippen LogP contribution in [0.1, 0.15) is 6.42 Å². The summed E-state index contributed by atoms with van der Waals surface area (Å²) in [5.74, 6) is 1.09. The van der Waals surface area contributed by atoms with Gasteiger partial charge < -0.3 is 14.8 Å². The van der Waals surface area contributed by atoms with Crippen LogP contribution < -0.4 is 19.5 Å². The molecule has 0 unspecified atom stereocenters. The van der Waals surface area contributed by atoms with Crippen molar-refractivity contribution in [1.29, 1.82) is 0 Å². The van der Waals surface area contributed by atoms with Gasteiger partial charge in [0, 0.05) is 51.8 Å². The van der Waals surface area contributed by atoms with Gasteiger partial charge in [0.1, 0.15) is 0 Å². The van der Waals surface area contributed by atoms with Crippen LogP contribution >= 0.6 is 0 Å². The first-order valence-electron chi connectivity index (χ1n) is 7.97. The van der Waals surface area contributed by atoms with Crippen molar-refractivity contribution in [3.63, 3.8) is 0 Å². The Labute approximate surface area is 137 Å². The summed E-state index contributed by atoms with van der Waals surface area (Å²) in [6.45, 7) is 6.04. The van der Waals surface area contributed by atoms with Crippen molar-refractivity contribution in [2.45, 2.75) is 11.3 Å². The highest BCUT2D eigenvalue weighted by Crippen LogP contribution is 2.31. The molecule has 1 aromatic carbocycles. The molecule has 0 bridgehead atoms. The molecule has 2 heterocycles. The lowest BCUT2D eigenvalue weighted by Crippen LogP contribution is -2.46. The van der Waals surface area contributed by atoms with Crippen LogP contribution in [0.5, 0.6) is 11.5 Å². The van der Waals surface area contributed by atoms with Gasteiger partial charge in [-0.3, -0.25) is 4.90 Å². The summed E-state index contributed by atoms with van der Waals surface area (Å²) >= 11 is 0. The Hall–Kier alpha value is -1.35. The lowest BCUT2D eigenvalue weighted by molar-refractivity contribution is 0.245. The summed E-state index contributed by atoms with van der Waals surface area (Å²) in [6.07, 6.45) is 0.791. The van der Waals surface area contributed by atoms with Crippen molar-refractivity contribution < 1.29 is 17.9 Å². The number of fused-ring (bicyclic) bond motifs is 1. The number of piperazine rings is 1. The molecule has 128 valence electrons. The molecule has 0 radical (unpaired) electrons. The normalized spacial score (nSPS) is 19.3. The molecule has 1 fully saturated rings. The van der Waals surface area contributed by atoms with Crippen molar-refractivity contribution in [1.82, 2.24) is 14.9 Å². The second kappa shape index (κ2) is 7.48. The summed E-state index contributed by atoms with van der Waals surface area (Å²) in [5, 5.41) is 3.28. The van der Waals surface area contributed by atoms with Crippen molar-refractivity contribution >= 4 is 10.0 Å². The molecule has 0 spiro atoms. The third kappa shape index (κ3) is 4.35. The topological polar surface area (TPSA) is 79.9 Å². The average Bonchev–Trinajstić information content (AvgIpc) is 2.80. The highest BCUT2D eigenvalue weighted by atomic mass is 32.2. The summed E-state index contributed by atoms with van der Waals surface area (Å²) < 4.78 is 38.5. The maximum absolute atomic E-state index is 12.4. The molecule has 1 aromatic rings. The number of rotatable bonds is 5. The van der Waals surface area contributed by atoms with E-state index in [1.807, 2.05) is 0 Å². The molecule has 1 saturated heterocycles. The molecule has 0 amide bonds. The van der Waals surface area contributed by atoms with Crippen molar-refractivity contribution in [2.24, 2.45) is 0 Å². The molecule has 2 aliphatic rings. The quantitative estimate of drug-likeness (QED) is 0.787. The zero-order valence-corrected chi connectivity index (χ0v) is 13.9. The van der Waals surface area contributed by atoms with Crippen LogP contribution in [0.2, 0.25) is 0 Å².